The fraction of sp³-hybridized carbons (Fsp3) is 0.333. The first kappa shape index (κ1) is 14.2. The third-order valence-corrected chi connectivity index (χ3v) is 3.32. The van der Waals surface area contributed by atoms with Gasteiger partial charge in [0.25, 0.3) is 0 Å². The lowest BCUT2D eigenvalue weighted by Gasteiger charge is -2.19. The number of carbonyl (C=O) groups excluding carboxylic acids is 1. The van der Waals surface area contributed by atoms with Crippen LogP contribution >= 0.6 is 11.6 Å². The van der Waals surface area contributed by atoms with Gasteiger partial charge >= 0.3 is 5.97 Å². The first-order valence-electron chi connectivity index (χ1n) is 5.87. The second-order valence-electron chi connectivity index (χ2n) is 4.45. The van der Waals surface area contributed by atoms with E-state index in [1.807, 2.05) is 0 Å². The molecule has 0 radical (unpaired) electrons. The number of nitrogens with zero attached hydrogens (tertiary/aromatic N) is 4. The highest BCUT2D eigenvalue weighted by atomic mass is 35.5. The summed E-state index contributed by atoms with van der Waals surface area (Å²) in [6, 6.07) is 4.29. The number of carbonyl (C=O) groups is 2. The molecule has 0 saturated carbocycles. The van der Waals surface area contributed by atoms with Crippen molar-refractivity contribution in [3.63, 3.8) is 0 Å². The highest BCUT2D eigenvalue weighted by Crippen LogP contribution is 2.30. The molecule has 7 nitrogen and oxygen atoms in total. The van der Waals surface area contributed by atoms with Gasteiger partial charge in [-0.05, 0) is 29.6 Å². The number of amides is 1. The molecule has 0 aliphatic carbocycles. The van der Waals surface area contributed by atoms with E-state index >= 15 is 0 Å². The lowest BCUT2D eigenvalue weighted by atomic mass is 10.1. The molecular weight excluding hydrogens is 284 g/mol. The van der Waals surface area contributed by atoms with E-state index in [0.29, 0.717) is 11.6 Å². The Morgan fingerprint density at radius 1 is 1.60 bits per heavy atom. The zero-order valence-electron chi connectivity index (χ0n) is 10.4. The van der Waals surface area contributed by atoms with Crippen LogP contribution in [0.15, 0.2) is 23.3 Å². The summed E-state index contributed by atoms with van der Waals surface area (Å²) < 4.78 is 0. The minimum atomic E-state index is -1.12. The largest absolute Gasteiger partial charge is 0.478 e. The van der Waals surface area contributed by atoms with Gasteiger partial charge in [-0.2, -0.15) is 0 Å². The van der Waals surface area contributed by atoms with E-state index in [1.54, 1.807) is 0 Å². The number of anilines is 1. The molecule has 2 rings (SSSR count). The number of carboxylic acids is 1. The molecule has 1 amide bonds. The van der Waals surface area contributed by atoms with Gasteiger partial charge in [0.15, 0.2) is 0 Å². The van der Waals surface area contributed by atoms with Gasteiger partial charge in [-0.3, -0.25) is 4.79 Å². The highest BCUT2D eigenvalue weighted by Gasteiger charge is 2.32. The van der Waals surface area contributed by atoms with E-state index in [0.717, 1.165) is 0 Å². The molecule has 0 bridgehead atoms. The number of aromatic carboxylic acids is 1. The van der Waals surface area contributed by atoms with Crippen molar-refractivity contribution in [2.24, 2.45) is 11.0 Å². The van der Waals surface area contributed by atoms with E-state index in [4.69, 9.17) is 22.2 Å². The maximum Gasteiger partial charge on any atom is 0.337 e. The SMILES string of the molecule is [N-]=[N+]=NCC1CC(=O)N(c2cc(Cl)ccc2C(=O)O)C1. The molecule has 1 fully saturated rings. The molecule has 0 spiro atoms. The van der Waals surface area contributed by atoms with Gasteiger partial charge in [-0.15, -0.1) is 0 Å². The van der Waals surface area contributed by atoms with Gasteiger partial charge in [0.05, 0.1) is 11.3 Å². The average Bonchev–Trinajstić information content (AvgIpc) is 2.77. The van der Waals surface area contributed by atoms with Gasteiger partial charge < -0.3 is 10.0 Å². The Bertz CT molecular complexity index is 613. The van der Waals surface area contributed by atoms with Crippen molar-refractivity contribution in [2.75, 3.05) is 18.0 Å². The number of azide groups is 1. The number of rotatable bonds is 4. The van der Waals surface area contributed by atoms with Crippen molar-refractivity contribution in [1.82, 2.24) is 0 Å². The minimum absolute atomic E-state index is 0.0205. The zero-order valence-corrected chi connectivity index (χ0v) is 11.1. The van der Waals surface area contributed by atoms with Crippen LogP contribution in [0.5, 0.6) is 0 Å². The van der Waals surface area contributed by atoms with Crippen LogP contribution in [0.4, 0.5) is 5.69 Å². The van der Waals surface area contributed by atoms with Crippen molar-refractivity contribution in [3.05, 3.63) is 39.2 Å². The normalized spacial score (nSPS) is 17.9. The molecule has 1 unspecified atom stereocenters. The van der Waals surface area contributed by atoms with Crippen molar-refractivity contribution >= 4 is 29.2 Å². The molecule has 1 aromatic rings. The zero-order chi connectivity index (χ0) is 14.7. The van der Waals surface area contributed by atoms with E-state index in [9.17, 15) is 9.59 Å². The minimum Gasteiger partial charge on any atom is -0.478 e. The number of carboxylic acid groups (broad SMARTS) is 1. The summed E-state index contributed by atoms with van der Waals surface area (Å²) in [5.41, 5.74) is 8.59. The summed E-state index contributed by atoms with van der Waals surface area (Å²) in [5, 5.41) is 13.0. The maximum atomic E-state index is 12.0. The Morgan fingerprint density at radius 2 is 2.35 bits per heavy atom. The summed E-state index contributed by atoms with van der Waals surface area (Å²) in [7, 11) is 0. The van der Waals surface area contributed by atoms with E-state index < -0.39 is 5.97 Å². The second kappa shape index (κ2) is 5.81. The summed E-state index contributed by atoms with van der Waals surface area (Å²) in [6.45, 7) is 0.528. The predicted octanol–water partition coefficient (Wildman–Crippen LogP) is 2.70. The Labute approximate surface area is 119 Å². The molecule has 0 aromatic heterocycles. The van der Waals surface area contributed by atoms with E-state index in [-0.39, 0.29) is 36.0 Å². The quantitative estimate of drug-likeness (QED) is 0.524. The summed E-state index contributed by atoms with van der Waals surface area (Å²) in [5.74, 6) is -1.44. The monoisotopic (exact) mass is 294 g/mol. The third kappa shape index (κ3) is 2.84. The predicted molar refractivity (Wildman–Crippen MR) is 72.9 cm³/mol. The number of hydrogen-bond acceptors (Lipinski definition) is 3. The highest BCUT2D eigenvalue weighted by molar-refractivity contribution is 6.31. The van der Waals surface area contributed by atoms with Gasteiger partial charge in [-0.1, -0.05) is 16.7 Å². The standard InChI is InChI=1S/C12H11ClN4O3/c13-8-1-2-9(12(19)20)10(4-8)17-6-7(3-11(17)18)5-15-16-14/h1-2,4,7H,3,5-6H2,(H,19,20). The molecule has 1 saturated heterocycles. The molecule has 1 atom stereocenters. The lowest BCUT2D eigenvalue weighted by Crippen LogP contribution is -2.26. The molecule has 1 N–H and O–H groups in total. The first-order valence-corrected chi connectivity index (χ1v) is 6.24. The van der Waals surface area contributed by atoms with Crippen LogP contribution in [-0.2, 0) is 4.79 Å². The Hall–Kier alpha value is -2.24. The smallest absolute Gasteiger partial charge is 0.337 e. The summed E-state index contributed by atoms with van der Waals surface area (Å²) in [6.07, 6.45) is 0.227. The molecule has 1 aromatic carbocycles. The van der Waals surface area contributed by atoms with Crippen LogP contribution in [-0.4, -0.2) is 30.1 Å². The van der Waals surface area contributed by atoms with Crippen molar-refractivity contribution in [2.45, 2.75) is 6.42 Å². The molecule has 8 heteroatoms. The van der Waals surface area contributed by atoms with Crippen molar-refractivity contribution in [3.8, 4) is 0 Å². The molecule has 1 aliphatic rings. The van der Waals surface area contributed by atoms with Crippen LogP contribution in [0.2, 0.25) is 5.02 Å². The van der Waals surface area contributed by atoms with E-state index in [1.165, 1.54) is 23.1 Å². The van der Waals surface area contributed by atoms with Crippen LogP contribution in [0, 0.1) is 5.92 Å². The Balaban J connectivity index is 2.32. The van der Waals surface area contributed by atoms with E-state index in [2.05, 4.69) is 10.0 Å². The Kier molecular flexibility index (Phi) is 4.12. The number of hydrogen-bond donors (Lipinski definition) is 1. The van der Waals surface area contributed by atoms with Crippen molar-refractivity contribution < 1.29 is 14.7 Å². The summed E-state index contributed by atoms with van der Waals surface area (Å²) in [4.78, 5) is 27.2. The first-order chi connectivity index (χ1) is 9.52. The number of halogens is 1. The van der Waals surface area contributed by atoms with Crippen LogP contribution in [0.3, 0.4) is 0 Å². The molecule has 20 heavy (non-hydrogen) atoms. The second-order valence-corrected chi connectivity index (χ2v) is 4.89. The van der Waals surface area contributed by atoms with Crippen molar-refractivity contribution in [1.29, 1.82) is 0 Å². The number of benzene rings is 1. The van der Waals surface area contributed by atoms with Gasteiger partial charge in [0.1, 0.15) is 0 Å². The Morgan fingerprint density at radius 3 is 3.00 bits per heavy atom. The molecule has 1 aliphatic heterocycles. The van der Waals surface area contributed by atoms with Crippen LogP contribution < -0.4 is 4.90 Å². The third-order valence-electron chi connectivity index (χ3n) is 3.09. The van der Waals surface area contributed by atoms with Gasteiger partial charge in [0, 0.05) is 29.4 Å². The molecule has 1 heterocycles. The maximum absolute atomic E-state index is 12.0. The average molecular weight is 295 g/mol. The topological polar surface area (TPSA) is 106 Å². The van der Waals surface area contributed by atoms with Gasteiger partial charge in [-0.25, -0.2) is 4.79 Å². The lowest BCUT2D eigenvalue weighted by molar-refractivity contribution is -0.117. The van der Waals surface area contributed by atoms with Gasteiger partial charge in [0.2, 0.25) is 5.91 Å². The fourth-order valence-electron chi connectivity index (χ4n) is 2.20. The summed E-state index contributed by atoms with van der Waals surface area (Å²) >= 11 is 5.87. The van der Waals surface area contributed by atoms with Crippen LogP contribution in [0.25, 0.3) is 10.4 Å². The molecular formula is C12H11ClN4O3. The molecule has 104 valence electrons. The van der Waals surface area contributed by atoms with Crippen LogP contribution in [0.1, 0.15) is 16.8 Å². The fourth-order valence-corrected chi connectivity index (χ4v) is 2.36.